The molecule has 0 aliphatic carbocycles. The maximum Gasteiger partial charge on any atom is 0.283 e. The molecule has 0 saturated carbocycles. The first kappa shape index (κ1) is 18.3. The molecule has 0 radical (unpaired) electrons. The second-order valence-corrected chi connectivity index (χ2v) is 6.50. The average molecular weight is 399 g/mol. The summed E-state index contributed by atoms with van der Waals surface area (Å²) in [7, 11) is 0. The van der Waals surface area contributed by atoms with E-state index in [1.165, 1.54) is 17.0 Å². The lowest BCUT2D eigenvalue weighted by molar-refractivity contribution is -0.385. The summed E-state index contributed by atoms with van der Waals surface area (Å²) in [5.74, 6) is -0.877. The lowest BCUT2D eigenvalue weighted by atomic mass is 9.96. The molecule has 1 aliphatic heterocycles. The Morgan fingerprint density at radius 1 is 1.46 bits per heavy atom. The predicted octanol–water partition coefficient (Wildman–Crippen LogP) is 1.28. The van der Waals surface area contributed by atoms with Crippen LogP contribution in [0.5, 0.6) is 0 Å². The van der Waals surface area contributed by atoms with Crippen molar-refractivity contribution in [1.82, 2.24) is 10.2 Å². The number of hydrogen-bond donors (Lipinski definition) is 2. The molecule has 9 heteroatoms. The van der Waals surface area contributed by atoms with E-state index in [2.05, 4.69) is 21.2 Å². The molecule has 130 valence electrons. The van der Waals surface area contributed by atoms with Gasteiger partial charge < -0.3 is 16.0 Å². The molecule has 1 saturated heterocycles. The number of nitrogens with zero attached hydrogens (tertiary/aromatic N) is 2. The van der Waals surface area contributed by atoms with Gasteiger partial charge in [-0.25, -0.2) is 0 Å². The number of carbonyl (C=O) groups is 2. The summed E-state index contributed by atoms with van der Waals surface area (Å²) in [6.07, 6.45) is 1.36. The number of carbonyl (C=O) groups excluding carboxylic acids is 2. The molecular formula is C15H19BrN4O4. The Labute approximate surface area is 147 Å². The smallest absolute Gasteiger partial charge is 0.283 e. The predicted molar refractivity (Wildman–Crippen MR) is 91.5 cm³/mol. The van der Waals surface area contributed by atoms with E-state index in [9.17, 15) is 19.7 Å². The van der Waals surface area contributed by atoms with Crippen LogP contribution in [0.3, 0.4) is 0 Å². The van der Waals surface area contributed by atoms with Crippen molar-refractivity contribution in [2.75, 3.05) is 26.2 Å². The number of likely N-dealkylation sites (tertiary alicyclic amines) is 1. The summed E-state index contributed by atoms with van der Waals surface area (Å²) in [6, 6.07) is 4.33. The Hall–Kier alpha value is -2.00. The number of nitrogens with two attached hydrogens (primary N) is 1. The molecule has 0 bridgehead atoms. The first-order valence-corrected chi connectivity index (χ1v) is 8.44. The zero-order chi connectivity index (χ0) is 17.7. The number of halogens is 1. The Kier molecular flexibility index (Phi) is 6.27. The van der Waals surface area contributed by atoms with Crippen molar-refractivity contribution < 1.29 is 14.5 Å². The number of benzene rings is 1. The molecule has 2 rings (SSSR count). The van der Waals surface area contributed by atoms with Gasteiger partial charge in [0.25, 0.3) is 11.6 Å². The second-order valence-electron chi connectivity index (χ2n) is 5.59. The third-order valence-electron chi connectivity index (χ3n) is 3.91. The van der Waals surface area contributed by atoms with Crippen molar-refractivity contribution in [3.8, 4) is 0 Å². The van der Waals surface area contributed by atoms with E-state index < -0.39 is 10.8 Å². The number of nitro groups is 1. The Morgan fingerprint density at radius 3 is 2.88 bits per heavy atom. The highest BCUT2D eigenvalue weighted by atomic mass is 79.9. The van der Waals surface area contributed by atoms with Crippen molar-refractivity contribution in [3.05, 3.63) is 38.3 Å². The second kappa shape index (κ2) is 8.20. The normalized spacial score (nSPS) is 17.4. The van der Waals surface area contributed by atoms with Gasteiger partial charge in [0.1, 0.15) is 5.56 Å². The fourth-order valence-electron chi connectivity index (χ4n) is 2.72. The number of nitro benzene ring substituents is 1. The van der Waals surface area contributed by atoms with Crippen LogP contribution in [-0.4, -0.2) is 47.8 Å². The SMILES string of the molecule is NCCNC(=O)C1CCCN(C(=O)c2ccc(Br)cc2[N+](=O)[O-])C1. The molecule has 8 nitrogen and oxygen atoms in total. The maximum atomic E-state index is 12.7. The maximum absolute atomic E-state index is 12.7. The average Bonchev–Trinajstić information content (AvgIpc) is 2.59. The number of hydrogen-bond acceptors (Lipinski definition) is 5. The minimum atomic E-state index is -0.576. The van der Waals surface area contributed by atoms with E-state index in [0.29, 0.717) is 36.9 Å². The van der Waals surface area contributed by atoms with Gasteiger partial charge >= 0.3 is 0 Å². The topological polar surface area (TPSA) is 119 Å². The van der Waals surface area contributed by atoms with Gasteiger partial charge in [-0.1, -0.05) is 15.9 Å². The summed E-state index contributed by atoms with van der Waals surface area (Å²) in [5.41, 5.74) is 5.16. The van der Waals surface area contributed by atoms with Crippen LogP contribution in [0.1, 0.15) is 23.2 Å². The van der Waals surface area contributed by atoms with Gasteiger partial charge in [0.2, 0.25) is 5.91 Å². The third-order valence-corrected chi connectivity index (χ3v) is 4.40. The Bertz CT molecular complexity index is 652. The standard InChI is InChI=1S/C15H19BrN4O4/c16-11-3-4-12(13(8-11)20(23)24)15(22)19-7-1-2-10(9-19)14(21)18-6-5-17/h3-4,8,10H,1-2,5-7,9,17H2,(H,18,21). The first-order chi connectivity index (χ1) is 11.4. The minimum absolute atomic E-state index is 0.0335. The molecule has 1 aromatic rings. The van der Waals surface area contributed by atoms with Crippen LogP contribution in [-0.2, 0) is 4.79 Å². The minimum Gasteiger partial charge on any atom is -0.355 e. The van der Waals surface area contributed by atoms with E-state index in [1.54, 1.807) is 6.07 Å². The van der Waals surface area contributed by atoms with E-state index in [4.69, 9.17) is 5.73 Å². The van der Waals surface area contributed by atoms with Crippen molar-refractivity contribution in [3.63, 3.8) is 0 Å². The van der Waals surface area contributed by atoms with E-state index in [-0.39, 0.29) is 29.6 Å². The van der Waals surface area contributed by atoms with Gasteiger partial charge in [-0.05, 0) is 25.0 Å². The number of nitrogens with one attached hydrogen (secondary N) is 1. The van der Waals surface area contributed by atoms with Crippen LogP contribution in [0.15, 0.2) is 22.7 Å². The lowest BCUT2D eigenvalue weighted by Crippen LogP contribution is -2.46. The number of amides is 2. The monoisotopic (exact) mass is 398 g/mol. The molecular weight excluding hydrogens is 380 g/mol. The highest BCUT2D eigenvalue weighted by Gasteiger charge is 2.31. The van der Waals surface area contributed by atoms with Gasteiger partial charge in [-0.3, -0.25) is 19.7 Å². The largest absolute Gasteiger partial charge is 0.355 e. The quantitative estimate of drug-likeness (QED) is 0.571. The highest BCUT2D eigenvalue weighted by molar-refractivity contribution is 9.10. The van der Waals surface area contributed by atoms with Gasteiger partial charge in [0.05, 0.1) is 10.8 Å². The molecule has 2 amide bonds. The first-order valence-electron chi connectivity index (χ1n) is 7.65. The molecule has 1 heterocycles. The zero-order valence-corrected chi connectivity index (χ0v) is 14.6. The molecule has 0 aromatic heterocycles. The molecule has 1 atom stereocenters. The number of piperidine rings is 1. The molecule has 24 heavy (non-hydrogen) atoms. The molecule has 1 aliphatic rings. The van der Waals surface area contributed by atoms with Crippen LogP contribution < -0.4 is 11.1 Å². The summed E-state index contributed by atoms with van der Waals surface area (Å²) in [4.78, 5) is 36.9. The van der Waals surface area contributed by atoms with E-state index >= 15 is 0 Å². The van der Waals surface area contributed by atoms with Crippen molar-refractivity contribution in [2.24, 2.45) is 11.7 Å². The Morgan fingerprint density at radius 2 is 2.21 bits per heavy atom. The van der Waals surface area contributed by atoms with Gasteiger partial charge in [0, 0.05) is 36.7 Å². The van der Waals surface area contributed by atoms with Gasteiger partial charge in [-0.15, -0.1) is 0 Å². The van der Waals surface area contributed by atoms with Crippen molar-refractivity contribution in [1.29, 1.82) is 0 Å². The van der Waals surface area contributed by atoms with Crippen LogP contribution in [0.2, 0.25) is 0 Å². The Balaban J connectivity index is 2.15. The van der Waals surface area contributed by atoms with E-state index in [0.717, 1.165) is 0 Å². The van der Waals surface area contributed by atoms with Crippen LogP contribution in [0.4, 0.5) is 5.69 Å². The fraction of sp³-hybridized carbons (Fsp3) is 0.467. The van der Waals surface area contributed by atoms with Crippen LogP contribution in [0, 0.1) is 16.0 Å². The summed E-state index contributed by atoms with van der Waals surface area (Å²) >= 11 is 3.17. The van der Waals surface area contributed by atoms with E-state index in [1.807, 2.05) is 0 Å². The third kappa shape index (κ3) is 4.30. The molecule has 1 aromatic carbocycles. The van der Waals surface area contributed by atoms with Gasteiger partial charge in [0.15, 0.2) is 0 Å². The highest BCUT2D eigenvalue weighted by Crippen LogP contribution is 2.26. The lowest BCUT2D eigenvalue weighted by Gasteiger charge is -2.32. The van der Waals surface area contributed by atoms with Crippen LogP contribution in [0.25, 0.3) is 0 Å². The summed E-state index contributed by atoms with van der Waals surface area (Å²) in [6.45, 7) is 1.48. The summed E-state index contributed by atoms with van der Waals surface area (Å²) in [5, 5.41) is 13.9. The summed E-state index contributed by atoms with van der Waals surface area (Å²) < 4.78 is 0.531. The van der Waals surface area contributed by atoms with Crippen molar-refractivity contribution >= 4 is 33.4 Å². The molecule has 0 spiro atoms. The molecule has 1 unspecified atom stereocenters. The number of rotatable bonds is 5. The van der Waals surface area contributed by atoms with Crippen molar-refractivity contribution in [2.45, 2.75) is 12.8 Å². The fourth-order valence-corrected chi connectivity index (χ4v) is 3.07. The zero-order valence-electron chi connectivity index (χ0n) is 13.0. The van der Waals surface area contributed by atoms with Gasteiger partial charge in [-0.2, -0.15) is 0 Å². The van der Waals surface area contributed by atoms with Crippen LogP contribution >= 0.6 is 15.9 Å². The molecule has 1 fully saturated rings. The molecule has 3 N–H and O–H groups in total.